The zero-order chi connectivity index (χ0) is 11.8. The minimum atomic E-state index is 0.278. The lowest BCUT2D eigenvalue weighted by atomic mass is 9.96. The standard InChI is InChI=1S/C13H14N2O2/c1-8-5-6-10-9(3-2-4-12(10)16-8)11-7-13(14)17-15-11/h2-4,7-8H,5-6,14H2,1H3. The first-order valence-electron chi connectivity index (χ1n) is 5.75. The van der Waals surface area contributed by atoms with Crippen molar-refractivity contribution in [3.05, 3.63) is 29.8 Å². The van der Waals surface area contributed by atoms with E-state index in [-0.39, 0.29) is 6.10 Å². The van der Waals surface area contributed by atoms with Crippen LogP contribution in [0.15, 0.2) is 28.8 Å². The molecule has 2 N–H and O–H groups in total. The number of nitrogens with zero attached hydrogens (tertiary/aromatic N) is 1. The SMILES string of the molecule is CC1CCc2c(cccc2-c2cc(N)on2)O1. The zero-order valence-corrected chi connectivity index (χ0v) is 9.64. The smallest absolute Gasteiger partial charge is 0.222 e. The van der Waals surface area contributed by atoms with Crippen molar-refractivity contribution in [1.82, 2.24) is 5.16 Å². The number of fused-ring (bicyclic) bond motifs is 1. The molecule has 2 heterocycles. The molecule has 0 radical (unpaired) electrons. The highest BCUT2D eigenvalue weighted by atomic mass is 16.5. The quantitative estimate of drug-likeness (QED) is 0.818. The maximum atomic E-state index is 5.81. The predicted molar refractivity (Wildman–Crippen MR) is 64.8 cm³/mol. The lowest BCUT2D eigenvalue weighted by Crippen LogP contribution is -2.19. The van der Waals surface area contributed by atoms with Gasteiger partial charge in [0.05, 0.1) is 6.10 Å². The number of benzene rings is 1. The molecular formula is C13H14N2O2. The van der Waals surface area contributed by atoms with Crippen LogP contribution in [0.25, 0.3) is 11.3 Å². The molecule has 1 aliphatic heterocycles. The maximum absolute atomic E-state index is 5.81. The third kappa shape index (κ3) is 1.75. The van der Waals surface area contributed by atoms with Crippen molar-refractivity contribution in [1.29, 1.82) is 0 Å². The number of nitrogen functional groups attached to an aromatic ring is 1. The molecule has 1 aromatic carbocycles. The third-order valence-electron chi connectivity index (χ3n) is 3.07. The summed E-state index contributed by atoms with van der Waals surface area (Å²) < 4.78 is 10.7. The average Bonchev–Trinajstić information content (AvgIpc) is 2.74. The molecule has 17 heavy (non-hydrogen) atoms. The molecule has 0 bridgehead atoms. The molecule has 0 aliphatic carbocycles. The van der Waals surface area contributed by atoms with Crippen LogP contribution in [0.3, 0.4) is 0 Å². The van der Waals surface area contributed by atoms with Crippen LogP contribution in [0, 0.1) is 0 Å². The van der Waals surface area contributed by atoms with E-state index < -0.39 is 0 Å². The third-order valence-corrected chi connectivity index (χ3v) is 3.07. The van der Waals surface area contributed by atoms with Crippen molar-refractivity contribution < 1.29 is 9.26 Å². The first-order valence-corrected chi connectivity index (χ1v) is 5.75. The van der Waals surface area contributed by atoms with Crippen molar-refractivity contribution in [2.45, 2.75) is 25.9 Å². The summed E-state index contributed by atoms with van der Waals surface area (Å²) in [5.41, 5.74) is 8.57. The number of ether oxygens (including phenoxy) is 1. The molecule has 1 aromatic heterocycles. The topological polar surface area (TPSA) is 61.3 Å². The summed E-state index contributed by atoms with van der Waals surface area (Å²) in [5.74, 6) is 1.28. The molecule has 0 spiro atoms. The predicted octanol–water partition coefficient (Wildman–Crippen LogP) is 2.64. The van der Waals surface area contributed by atoms with Gasteiger partial charge in [-0.05, 0) is 25.8 Å². The van der Waals surface area contributed by atoms with Gasteiger partial charge < -0.3 is 15.0 Å². The number of anilines is 1. The normalized spacial score (nSPS) is 18.5. The van der Waals surface area contributed by atoms with Gasteiger partial charge in [0.15, 0.2) is 0 Å². The molecular weight excluding hydrogens is 216 g/mol. The van der Waals surface area contributed by atoms with Crippen LogP contribution in [0.2, 0.25) is 0 Å². The van der Waals surface area contributed by atoms with E-state index >= 15 is 0 Å². The highest BCUT2D eigenvalue weighted by Gasteiger charge is 2.20. The summed E-state index contributed by atoms with van der Waals surface area (Å²) in [5, 5.41) is 3.96. The molecule has 1 unspecified atom stereocenters. The molecule has 0 saturated heterocycles. The maximum Gasteiger partial charge on any atom is 0.222 e. The Morgan fingerprint density at radius 1 is 1.41 bits per heavy atom. The average molecular weight is 230 g/mol. The van der Waals surface area contributed by atoms with E-state index in [0.717, 1.165) is 29.8 Å². The van der Waals surface area contributed by atoms with Crippen molar-refractivity contribution in [2.24, 2.45) is 0 Å². The van der Waals surface area contributed by atoms with Gasteiger partial charge in [-0.15, -0.1) is 0 Å². The largest absolute Gasteiger partial charge is 0.490 e. The van der Waals surface area contributed by atoms with Crippen molar-refractivity contribution in [3.8, 4) is 17.0 Å². The Labute approximate surface area is 99.4 Å². The second-order valence-corrected chi connectivity index (χ2v) is 4.36. The van der Waals surface area contributed by atoms with Crippen molar-refractivity contribution in [2.75, 3.05) is 5.73 Å². The first-order chi connectivity index (χ1) is 8.24. The van der Waals surface area contributed by atoms with Crippen molar-refractivity contribution in [3.63, 3.8) is 0 Å². The van der Waals surface area contributed by atoms with Crippen LogP contribution in [-0.4, -0.2) is 11.3 Å². The van der Waals surface area contributed by atoms with E-state index in [2.05, 4.69) is 12.1 Å². The van der Waals surface area contributed by atoms with Gasteiger partial charge in [0.2, 0.25) is 5.88 Å². The van der Waals surface area contributed by atoms with Gasteiger partial charge >= 0.3 is 0 Å². The van der Waals surface area contributed by atoms with Gasteiger partial charge in [0.1, 0.15) is 11.4 Å². The van der Waals surface area contributed by atoms with Gasteiger partial charge in [-0.25, -0.2) is 0 Å². The molecule has 0 saturated carbocycles. The molecule has 0 amide bonds. The monoisotopic (exact) mass is 230 g/mol. The molecule has 2 aromatic rings. The number of aromatic nitrogens is 1. The van der Waals surface area contributed by atoms with Crippen molar-refractivity contribution >= 4 is 5.88 Å². The van der Waals surface area contributed by atoms with Crippen LogP contribution >= 0.6 is 0 Å². The Balaban J connectivity index is 2.09. The van der Waals surface area contributed by atoms with Gasteiger partial charge in [-0.1, -0.05) is 17.3 Å². The van der Waals surface area contributed by atoms with Crippen LogP contribution in [-0.2, 0) is 6.42 Å². The highest BCUT2D eigenvalue weighted by Crippen LogP contribution is 2.35. The molecule has 88 valence electrons. The summed E-state index contributed by atoms with van der Waals surface area (Å²) in [4.78, 5) is 0. The van der Waals surface area contributed by atoms with Crippen LogP contribution in [0.4, 0.5) is 5.88 Å². The van der Waals surface area contributed by atoms with E-state index in [9.17, 15) is 0 Å². The Kier molecular flexibility index (Phi) is 2.28. The van der Waals surface area contributed by atoms with E-state index in [1.807, 2.05) is 18.2 Å². The highest BCUT2D eigenvalue weighted by molar-refractivity contribution is 5.68. The van der Waals surface area contributed by atoms with Gasteiger partial charge in [0.25, 0.3) is 0 Å². The second kappa shape index (κ2) is 3.80. The lowest BCUT2D eigenvalue weighted by Gasteiger charge is -2.24. The second-order valence-electron chi connectivity index (χ2n) is 4.36. The van der Waals surface area contributed by atoms with E-state index in [0.29, 0.717) is 5.88 Å². The van der Waals surface area contributed by atoms with E-state index in [1.165, 1.54) is 5.56 Å². The minimum absolute atomic E-state index is 0.278. The van der Waals surface area contributed by atoms with Crippen LogP contribution in [0.5, 0.6) is 5.75 Å². The van der Waals surface area contributed by atoms with Crippen LogP contribution < -0.4 is 10.5 Å². The molecule has 3 rings (SSSR count). The van der Waals surface area contributed by atoms with Gasteiger partial charge in [0, 0.05) is 17.2 Å². The molecule has 1 atom stereocenters. The lowest BCUT2D eigenvalue weighted by molar-refractivity contribution is 0.193. The zero-order valence-electron chi connectivity index (χ0n) is 9.64. The summed E-state index contributed by atoms with van der Waals surface area (Å²) in [6.45, 7) is 2.09. The first kappa shape index (κ1) is 10.2. The van der Waals surface area contributed by atoms with Crippen LogP contribution in [0.1, 0.15) is 18.9 Å². The summed E-state index contributed by atoms with van der Waals surface area (Å²) in [6.07, 6.45) is 2.30. The number of hydrogen-bond acceptors (Lipinski definition) is 4. The summed E-state index contributed by atoms with van der Waals surface area (Å²) in [6, 6.07) is 7.73. The molecule has 4 nitrogen and oxygen atoms in total. The Bertz CT molecular complexity index is 548. The molecule has 1 aliphatic rings. The fourth-order valence-electron chi connectivity index (χ4n) is 2.21. The minimum Gasteiger partial charge on any atom is -0.490 e. The van der Waals surface area contributed by atoms with E-state index in [4.69, 9.17) is 15.0 Å². The number of rotatable bonds is 1. The number of hydrogen-bond donors (Lipinski definition) is 1. The Hall–Kier alpha value is -1.97. The number of nitrogens with two attached hydrogens (primary N) is 1. The van der Waals surface area contributed by atoms with Gasteiger partial charge in [-0.3, -0.25) is 0 Å². The Morgan fingerprint density at radius 3 is 3.06 bits per heavy atom. The fraction of sp³-hybridized carbons (Fsp3) is 0.308. The van der Waals surface area contributed by atoms with Gasteiger partial charge in [-0.2, -0.15) is 0 Å². The molecule has 0 fully saturated rings. The fourth-order valence-corrected chi connectivity index (χ4v) is 2.21. The Morgan fingerprint density at radius 2 is 2.29 bits per heavy atom. The van der Waals surface area contributed by atoms with E-state index in [1.54, 1.807) is 6.07 Å². The summed E-state index contributed by atoms with van der Waals surface area (Å²) >= 11 is 0. The molecule has 4 heteroatoms. The summed E-state index contributed by atoms with van der Waals surface area (Å²) in [7, 11) is 0.